The molecule has 0 bridgehead atoms. The Kier molecular flexibility index (Phi) is 6.30. The third-order valence-corrected chi connectivity index (χ3v) is 4.48. The van der Waals surface area contributed by atoms with E-state index >= 15 is 0 Å². The molecule has 1 aromatic heterocycles. The average molecular weight is 360 g/mol. The minimum atomic E-state index is -0.455. The first-order chi connectivity index (χ1) is 11.9. The molecule has 0 spiro atoms. The molecule has 0 unspecified atom stereocenters. The van der Waals surface area contributed by atoms with Gasteiger partial charge in [-0.3, -0.25) is 9.59 Å². The molecule has 2 amide bonds. The molecule has 2 N–H and O–H groups in total. The van der Waals surface area contributed by atoms with Gasteiger partial charge in [-0.1, -0.05) is 26.0 Å². The zero-order valence-corrected chi connectivity index (χ0v) is 15.1. The Balaban J connectivity index is 1.90. The van der Waals surface area contributed by atoms with E-state index in [1.54, 1.807) is 24.3 Å². The van der Waals surface area contributed by atoms with E-state index in [9.17, 15) is 14.4 Å². The Bertz CT molecular complexity index is 766. The molecule has 0 aliphatic carbocycles. The van der Waals surface area contributed by atoms with Gasteiger partial charge in [0.1, 0.15) is 4.88 Å². The number of hydrogen-bond acceptors (Lipinski definition) is 5. The topological polar surface area (TPSA) is 84.5 Å². The number of anilines is 1. The predicted molar refractivity (Wildman–Crippen MR) is 96.7 cm³/mol. The van der Waals surface area contributed by atoms with Gasteiger partial charge in [0, 0.05) is 18.2 Å². The van der Waals surface area contributed by atoms with Crippen molar-refractivity contribution < 1.29 is 19.1 Å². The zero-order chi connectivity index (χ0) is 18.4. The largest absolute Gasteiger partial charge is 0.465 e. The maximum atomic E-state index is 12.1. The Morgan fingerprint density at radius 3 is 2.28 bits per heavy atom. The van der Waals surface area contributed by atoms with Crippen molar-refractivity contribution in [3.63, 3.8) is 0 Å². The average Bonchev–Trinajstić information content (AvgIpc) is 3.10. The van der Waals surface area contributed by atoms with Crippen molar-refractivity contribution in [3.05, 3.63) is 51.7 Å². The smallest absolute Gasteiger partial charge is 0.348 e. The Labute approximate surface area is 150 Å². The lowest BCUT2D eigenvalue weighted by Gasteiger charge is -2.09. The molecule has 0 aliphatic heterocycles. The SMILES string of the molecule is COC(=O)c1ccc(C(=O)NCc2ccc(NC(=O)C(C)C)cc2)s1. The second-order valence-corrected chi connectivity index (χ2v) is 6.76. The quantitative estimate of drug-likeness (QED) is 0.776. The Morgan fingerprint density at radius 1 is 1.04 bits per heavy atom. The second-order valence-electron chi connectivity index (χ2n) is 5.68. The summed E-state index contributed by atoms with van der Waals surface area (Å²) in [5.41, 5.74) is 1.62. The first-order valence-corrected chi connectivity index (χ1v) is 8.58. The van der Waals surface area contributed by atoms with Gasteiger partial charge in [-0.15, -0.1) is 11.3 Å². The van der Waals surface area contributed by atoms with Gasteiger partial charge in [0.25, 0.3) is 5.91 Å². The summed E-state index contributed by atoms with van der Waals surface area (Å²) in [5.74, 6) is -0.833. The molecule has 0 fully saturated rings. The van der Waals surface area contributed by atoms with E-state index in [1.165, 1.54) is 7.11 Å². The van der Waals surface area contributed by atoms with Gasteiger partial charge in [0.2, 0.25) is 5.91 Å². The standard InChI is InChI=1S/C18H20N2O4S/c1-11(2)16(21)20-13-6-4-12(5-7-13)10-19-17(22)14-8-9-15(25-14)18(23)24-3/h4-9,11H,10H2,1-3H3,(H,19,22)(H,20,21). The number of rotatable bonds is 6. The third-order valence-electron chi connectivity index (χ3n) is 3.42. The highest BCUT2D eigenvalue weighted by Gasteiger charge is 2.13. The summed E-state index contributed by atoms with van der Waals surface area (Å²) in [4.78, 5) is 36.0. The zero-order valence-electron chi connectivity index (χ0n) is 14.3. The van der Waals surface area contributed by atoms with Gasteiger partial charge in [-0.25, -0.2) is 4.79 Å². The van der Waals surface area contributed by atoms with E-state index in [0.717, 1.165) is 22.6 Å². The number of ether oxygens (including phenoxy) is 1. The van der Waals surface area contributed by atoms with E-state index in [0.29, 0.717) is 16.3 Å². The number of esters is 1. The van der Waals surface area contributed by atoms with E-state index in [1.807, 2.05) is 26.0 Å². The van der Waals surface area contributed by atoms with Crippen LogP contribution in [0.2, 0.25) is 0 Å². The third kappa shape index (κ3) is 5.15. The molecule has 0 radical (unpaired) electrons. The summed E-state index contributed by atoms with van der Waals surface area (Å²) in [7, 11) is 1.30. The first kappa shape index (κ1) is 18.7. The Morgan fingerprint density at radius 2 is 1.68 bits per heavy atom. The number of hydrogen-bond donors (Lipinski definition) is 2. The highest BCUT2D eigenvalue weighted by Crippen LogP contribution is 2.17. The summed E-state index contributed by atoms with van der Waals surface area (Å²) >= 11 is 1.09. The maximum absolute atomic E-state index is 12.1. The molecular weight excluding hydrogens is 340 g/mol. The van der Waals surface area contributed by atoms with E-state index in [-0.39, 0.29) is 17.7 Å². The number of nitrogens with one attached hydrogen (secondary N) is 2. The molecule has 2 rings (SSSR count). The van der Waals surface area contributed by atoms with Crippen LogP contribution in [0, 0.1) is 5.92 Å². The van der Waals surface area contributed by atoms with E-state index in [4.69, 9.17) is 0 Å². The van der Waals surface area contributed by atoms with Crippen LogP contribution in [0.25, 0.3) is 0 Å². The molecule has 1 heterocycles. The Hall–Kier alpha value is -2.67. The number of amides is 2. The number of carbonyl (C=O) groups excluding carboxylic acids is 3. The van der Waals surface area contributed by atoms with Crippen LogP contribution >= 0.6 is 11.3 Å². The highest BCUT2D eigenvalue weighted by atomic mass is 32.1. The van der Waals surface area contributed by atoms with Crippen molar-refractivity contribution >= 4 is 34.8 Å². The summed E-state index contributed by atoms with van der Waals surface area (Å²) < 4.78 is 4.62. The molecule has 25 heavy (non-hydrogen) atoms. The molecule has 0 aliphatic rings. The minimum Gasteiger partial charge on any atom is -0.465 e. The van der Waals surface area contributed by atoms with Gasteiger partial charge in [0.05, 0.1) is 12.0 Å². The number of benzene rings is 1. The van der Waals surface area contributed by atoms with Crippen LogP contribution in [0.15, 0.2) is 36.4 Å². The summed E-state index contributed by atoms with van der Waals surface area (Å²) in [6, 6.07) is 10.4. The second kappa shape index (κ2) is 8.43. The van der Waals surface area contributed by atoms with Crippen LogP contribution in [-0.4, -0.2) is 24.9 Å². The van der Waals surface area contributed by atoms with Crippen LogP contribution in [0.4, 0.5) is 5.69 Å². The predicted octanol–water partition coefficient (Wildman–Crippen LogP) is 3.06. The van der Waals surface area contributed by atoms with Crippen molar-refractivity contribution in [2.45, 2.75) is 20.4 Å². The van der Waals surface area contributed by atoms with Crippen molar-refractivity contribution in [1.82, 2.24) is 5.32 Å². The fourth-order valence-corrected chi connectivity index (χ4v) is 2.77. The van der Waals surface area contributed by atoms with Crippen LogP contribution in [0.5, 0.6) is 0 Å². The van der Waals surface area contributed by atoms with Crippen LogP contribution in [0.1, 0.15) is 38.8 Å². The van der Waals surface area contributed by atoms with Gasteiger partial charge < -0.3 is 15.4 Å². The number of thiophene rings is 1. The molecule has 0 saturated heterocycles. The van der Waals surface area contributed by atoms with Crippen molar-refractivity contribution in [2.75, 3.05) is 12.4 Å². The highest BCUT2D eigenvalue weighted by molar-refractivity contribution is 7.15. The maximum Gasteiger partial charge on any atom is 0.348 e. The monoisotopic (exact) mass is 360 g/mol. The molecular formula is C18H20N2O4S. The lowest BCUT2D eigenvalue weighted by Crippen LogP contribution is -2.22. The van der Waals surface area contributed by atoms with Crippen LogP contribution < -0.4 is 10.6 Å². The lowest BCUT2D eigenvalue weighted by molar-refractivity contribution is -0.118. The normalized spacial score (nSPS) is 10.4. The van der Waals surface area contributed by atoms with Gasteiger partial charge in [-0.05, 0) is 29.8 Å². The van der Waals surface area contributed by atoms with E-state index < -0.39 is 5.97 Å². The van der Waals surface area contributed by atoms with Crippen molar-refractivity contribution in [1.29, 1.82) is 0 Å². The molecule has 0 saturated carbocycles. The fraction of sp³-hybridized carbons (Fsp3) is 0.278. The summed E-state index contributed by atoms with van der Waals surface area (Å²) in [6.07, 6.45) is 0. The lowest BCUT2D eigenvalue weighted by atomic mass is 10.1. The number of carbonyl (C=O) groups is 3. The summed E-state index contributed by atoms with van der Waals surface area (Å²) in [6.45, 7) is 4.01. The molecule has 6 nitrogen and oxygen atoms in total. The molecule has 1 aromatic carbocycles. The minimum absolute atomic E-state index is 0.0415. The van der Waals surface area contributed by atoms with Gasteiger partial charge in [0.15, 0.2) is 0 Å². The molecule has 7 heteroatoms. The molecule has 132 valence electrons. The number of methoxy groups -OCH3 is 1. The van der Waals surface area contributed by atoms with Crippen LogP contribution in [-0.2, 0) is 16.1 Å². The first-order valence-electron chi connectivity index (χ1n) is 7.77. The van der Waals surface area contributed by atoms with Crippen molar-refractivity contribution in [2.24, 2.45) is 5.92 Å². The van der Waals surface area contributed by atoms with Crippen LogP contribution in [0.3, 0.4) is 0 Å². The van der Waals surface area contributed by atoms with E-state index in [2.05, 4.69) is 15.4 Å². The molecule has 0 atom stereocenters. The fourth-order valence-electron chi connectivity index (χ4n) is 1.93. The summed E-state index contributed by atoms with van der Waals surface area (Å²) in [5, 5.41) is 5.61. The van der Waals surface area contributed by atoms with Gasteiger partial charge >= 0.3 is 5.97 Å². The molecule has 2 aromatic rings. The van der Waals surface area contributed by atoms with Gasteiger partial charge in [-0.2, -0.15) is 0 Å². The van der Waals surface area contributed by atoms with Crippen molar-refractivity contribution in [3.8, 4) is 0 Å².